The van der Waals surface area contributed by atoms with Crippen LogP contribution < -0.4 is 0 Å². The monoisotopic (exact) mass is 406 g/mol. The molecule has 30 heavy (non-hydrogen) atoms. The summed E-state index contributed by atoms with van der Waals surface area (Å²) in [5, 5.41) is 13.6. The van der Waals surface area contributed by atoms with E-state index in [9.17, 15) is 19.6 Å². The third kappa shape index (κ3) is 3.26. The lowest BCUT2D eigenvalue weighted by molar-refractivity contribution is -0.298. The van der Waals surface area contributed by atoms with Gasteiger partial charge in [-0.2, -0.15) is 0 Å². The summed E-state index contributed by atoms with van der Waals surface area (Å²) in [6.07, 6.45) is 0.421. The molecular weight excluding hydrogens is 382 g/mol. The van der Waals surface area contributed by atoms with Gasteiger partial charge in [0.05, 0.1) is 5.56 Å². The molecule has 1 aliphatic heterocycles. The number of carbonyl (C=O) groups excluding carboxylic acids is 3. The standard InChI is InChI=1S/C24H24NO5/c1-23(2)12-15(13-24(3,4)25(23)29)30-22(28)14-9-10-18-19(11-14)21(27)17-8-6-5-7-16(17)20(18)26/h5-11,15H,12-13H2,1-4H3. The van der Waals surface area contributed by atoms with E-state index in [1.54, 1.807) is 24.3 Å². The zero-order chi connectivity index (χ0) is 21.8. The average molecular weight is 406 g/mol. The van der Waals surface area contributed by atoms with Gasteiger partial charge in [-0.25, -0.2) is 4.79 Å². The summed E-state index contributed by atoms with van der Waals surface area (Å²) in [5.74, 6) is -1.07. The molecule has 6 heteroatoms. The lowest BCUT2D eigenvalue weighted by Crippen LogP contribution is -2.60. The first-order valence-corrected chi connectivity index (χ1v) is 10.0. The molecule has 0 saturated carbocycles. The van der Waals surface area contributed by atoms with Crippen molar-refractivity contribution in [1.82, 2.24) is 5.06 Å². The molecule has 6 nitrogen and oxygen atoms in total. The van der Waals surface area contributed by atoms with E-state index in [1.165, 1.54) is 18.2 Å². The number of esters is 1. The molecule has 1 radical (unpaired) electrons. The van der Waals surface area contributed by atoms with Crippen molar-refractivity contribution in [3.63, 3.8) is 0 Å². The Morgan fingerprint density at radius 1 is 0.867 bits per heavy atom. The van der Waals surface area contributed by atoms with Gasteiger partial charge in [-0.05, 0) is 45.9 Å². The van der Waals surface area contributed by atoms with Gasteiger partial charge in [0.15, 0.2) is 11.6 Å². The topological polar surface area (TPSA) is 83.6 Å². The van der Waals surface area contributed by atoms with E-state index in [1.807, 2.05) is 27.7 Å². The Bertz CT molecular complexity index is 1050. The van der Waals surface area contributed by atoms with E-state index >= 15 is 0 Å². The predicted octanol–water partition coefficient (Wildman–Crippen LogP) is 3.99. The Kier molecular flexibility index (Phi) is 4.67. The SMILES string of the molecule is CC1(C)CC(OC(=O)c2ccc3c(c2)C(=O)c2ccccc2C3=O)CC(C)(C)N1[O]. The number of ether oxygens (including phenoxy) is 1. The zero-order valence-electron chi connectivity index (χ0n) is 17.5. The number of hydrogen-bond donors (Lipinski definition) is 0. The molecular formula is C24H24NO5. The van der Waals surface area contributed by atoms with Crippen LogP contribution in [0.2, 0.25) is 0 Å². The second-order valence-corrected chi connectivity index (χ2v) is 9.32. The Morgan fingerprint density at radius 2 is 1.37 bits per heavy atom. The third-order valence-electron chi connectivity index (χ3n) is 5.99. The first-order chi connectivity index (χ1) is 14.0. The molecule has 155 valence electrons. The lowest BCUT2D eigenvalue weighted by atomic mass is 9.80. The molecule has 0 amide bonds. The van der Waals surface area contributed by atoms with Crippen LogP contribution in [0, 0.1) is 0 Å². The Morgan fingerprint density at radius 3 is 1.93 bits per heavy atom. The van der Waals surface area contributed by atoms with Gasteiger partial charge in [-0.3, -0.25) is 9.59 Å². The maximum absolute atomic E-state index is 12.9. The molecule has 1 saturated heterocycles. The van der Waals surface area contributed by atoms with Crippen LogP contribution in [0.15, 0.2) is 42.5 Å². The van der Waals surface area contributed by atoms with Crippen molar-refractivity contribution in [3.05, 3.63) is 70.3 Å². The van der Waals surface area contributed by atoms with E-state index in [0.29, 0.717) is 24.0 Å². The Balaban J connectivity index is 1.60. The zero-order valence-corrected chi connectivity index (χ0v) is 17.5. The van der Waals surface area contributed by atoms with Crippen molar-refractivity contribution in [3.8, 4) is 0 Å². The van der Waals surface area contributed by atoms with Gasteiger partial charge in [-0.1, -0.05) is 24.3 Å². The molecule has 0 unspecified atom stereocenters. The number of benzene rings is 2. The van der Waals surface area contributed by atoms with Gasteiger partial charge < -0.3 is 4.74 Å². The van der Waals surface area contributed by atoms with Crippen LogP contribution in [-0.4, -0.2) is 39.8 Å². The fourth-order valence-electron chi connectivity index (χ4n) is 4.70. The van der Waals surface area contributed by atoms with Gasteiger partial charge in [0.2, 0.25) is 0 Å². The van der Waals surface area contributed by atoms with E-state index in [2.05, 4.69) is 0 Å². The number of hydrogen-bond acceptors (Lipinski definition) is 5. The summed E-state index contributed by atoms with van der Waals surface area (Å²) in [5.41, 5.74) is 0.115. The van der Waals surface area contributed by atoms with Crippen molar-refractivity contribution >= 4 is 17.5 Å². The molecule has 0 bridgehead atoms. The summed E-state index contributed by atoms with van der Waals surface area (Å²) in [6, 6.07) is 11.1. The molecule has 1 heterocycles. The van der Waals surface area contributed by atoms with E-state index in [-0.39, 0.29) is 28.3 Å². The maximum Gasteiger partial charge on any atom is 0.338 e. The van der Waals surface area contributed by atoms with E-state index in [4.69, 9.17) is 4.74 Å². The minimum absolute atomic E-state index is 0.211. The minimum atomic E-state index is -0.658. The summed E-state index contributed by atoms with van der Waals surface area (Å²) in [6.45, 7) is 7.34. The normalized spacial score (nSPS) is 20.4. The highest BCUT2D eigenvalue weighted by Gasteiger charge is 2.47. The highest BCUT2D eigenvalue weighted by molar-refractivity contribution is 6.28. The smallest absolute Gasteiger partial charge is 0.338 e. The molecule has 1 aliphatic carbocycles. The van der Waals surface area contributed by atoms with Gasteiger partial charge in [0.25, 0.3) is 0 Å². The summed E-state index contributed by atoms with van der Waals surface area (Å²) < 4.78 is 5.72. The van der Waals surface area contributed by atoms with Crippen molar-refractivity contribution in [1.29, 1.82) is 0 Å². The van der Waals surface area contributed by atoms with Crippen LogP contribution in [-0.2, 0) is 9.94 Å². The summed E-state index contributed by atoms with van der Waals surface area (Å²) >= 11 is 0. The highest BCUT2D eigenvalue weighted by Crippen LogP contribution is 2.38. The van der Waals surface area contributed by atoms with Crippen molar-refractivity contribution < 1.29 is 24.3 Å². The second kappa shape index (κ2) is 6.86. The fraction of sp³-hybridized carbons (Fsp3) is 0.375. The van der Waals surface area contributed by atoms with Gasteiger partial charge in [-0.15, -0.1) is 10.3 Å². The van der Waals surface area contributed by atoms with Crippen molar-refractivity contribution in [2.24, 2.45) is 0 Å². The number of carbonyl (C=O) groups is 3. The van der Waals surface area contributed by atoms with Crippen LogP contribution in [0.3, 0.4) is 0 Å². The molecule has 0 spiro atoms. The molecule has 2 aromatic carbocycles. The molecule has 2 aromatic rings. The molecule has 0 N–H and O–H groups in total. The number of ketones is 2. The van der Waals surface area contributed by atoms with Crippen LogP contribution in [0.5, 0.6) is 0 Å². The number of piperidine rings is 1. The number of rotatable bonds is 2. The fourth-order valence-corrected chi connectivity index (χ4v) is 4.70. The molecule has 0 aromatic heterocycles. The second-order valence-electron chi connectivity index (χ2n) is 9.32. The maximum atomic E-state index is 12.9. The summed E-state index contributed by atoms with van der Waals surface area (Å²) in [4.78, 5) is 38.4. The number of nitrogens with zero attached hydrogens (tertiary/aromatic N) is 1. The van der Waals surface area contributed by atoms with Gasteiger partial charge >= 0.3 is 5.97 Å². The van der Waals surface area contributed by atoms with Crippen LogP contribution in [0.1, 0.15) is 82.7 Å². The van der Waals surface area contributed by atoms with Crippen molar-refractivity contribution in [2.75, 3.05) is 0 Å². The molecule has 0 atom stereocenters. The first-order valence-electron chi connectivity index (χ1n) is 10.0. The minimum Gasteiger partial charge on any atom is -0.459 e. The molecule has 2 aliphatic rings. The number of hydroxylamine groups is 2. The lowest BCUT2D eigenvalue weighted by Gasteiger charge is -2.49. The molecule has 1 fully saturated rings. The quantitative estimate of drug-likeness (QED) is 0.601. The average Bonchev–Trinajstić information content (AvgIpc) is 2.69. The highest BCUT2D eigenvalue weighted by atomic mass is 16.5. The molecule has 4 rings (SSSR count). The Hall–Kier alpha value is -2.83. The van der Waals surface area contributed by atoms with E-state index < -0.39 is 23.2 Å². The van der Waals surface area contributed by atoms with Crippen LogP contribution in [0.25, 0.3) is 0 Å². The number of fused-ring (bicyclic) bond motifs is 2. The Labute approximate surface area is 175 Å². The first kappa shape index (κ1) is 20.4. The van der Waals surface area contributed by atoms with Crippen molar-refractivity contribution in [2.45, 2.75) is 57.7 Å². The largest absolute Gasteiger partial charge is 0.459 e. The van der Waals surface area contributed by atoms with Crippen LogP contribution in [0.4, 0.5) is 0 Å². The third-order valence-corrected chi connectivity index (χ3v) is 5.99. The van der Waals surface area contributed by atoms with E-state index in [0.717, 1.165) is 5.06 Å². The van der Waals surface area contributed by atoms with Gasteiger partial charge in [0.1, 0.15) is 6.10 Å². The van der Waals surface area contributed by atoms with Crippen LogP contribution >= 0.6 is 0 Å². The summed E-state index contributed by atoms with van der Waals surface area (Å²) in [7, 11) is 0. The van der Waals surface area contributed by atoms with Gasteiger partial charge in [0, 0.05) is 46.2 Å². The predicted molar refractivity (Wildman–Crippen MR) is 109 cm³/mol.